The molecule has 0 bridgehead atoms. The zero-order valence-corrected chi connectivity index (χ0v) is 20.5. The number of thioether (sulfide) groups is 1. The summed E-state index contributed by atoms with van der Waals surface area (Å²) < 4.78 is 1.23. The maximum absolute atomic E-state index is 12.2. The number of rotatable bonds is 10. The number of benzene rings is 2. The number of nitrogens with zero attached hydrogens (tertiary/aromatic N) is 5. The minimum Gasteiger partial charge on any atom is -0.372 e. The first-order valence-corrected chi connectivity index (χ1v) is 11.9. The van der Waals surface area contributed by atoms with E-state index in [4.69, 9.17) is 29.0 Å². The number of carbonyl (C=O) groups is 1. The van der Waals surface area contributed by atoms with E-state index in [2.05, 4.69) is 56.9 Å². The molecule has 1 heterocycles. The molecule has 4 N–H and O–H groups in total. The van der Waals surface area contributed by atoms with Gasteiger partial charge in [0.2, 0.25) is 11.1 Å². The van der Waals surface area contributed by atoms with Gasteiger partial charge in [0.15, 0.2) is 0 Å². The minimum absolute atomic E-state index is 0.0711. The van der Waals surface area contributed by atoms with Crippen molar-refractivity contribution in [2.45, 2.75) is 19.0 Å². The van der Waals surface area contributed by atoms with E-state index in [1.165, 1.54) is 4.68 Å². The molecule has 0 spiro atoms. The van der Waals surface area contributed by atoms with Crippen molar-refractivity contribution in [1.82, 2.24) is 14.9 Å². The van der Waals surface area contributed by atoms with Crippen molar-refractivity contribution in [2.24, 2.45) is 5.10 Å². The Morgan fingerprint density at radius 2 is 1.82 bits per heavy atom. The lowest BCUT2D eigenvalue weighted by Crippen LogP contribution is -2.21. The van der Waals surface area contributed by atoms with Gasteiger partial charge in [0.1, 0.15) is 0 Å². The lowest BCUT2D eigenvalue weighted by Gasteiger charge is -2.20. The Kier molecular flexibility index (Phi) is 8.81. The molecule has 12 heteroatoms. The monoisotopic (exact) mass is 506 g/mol. The molecule has 0 unspecified atom stereocenters. The van der Waals surface area contributed by atoms with Crippen molar-refractivity contribution in [3.63, 3.8) is 0 Å². The molecule has 9 nitrogen and oxygen atoms in total. The summed E-state index contributed by atoms with van der Waals surface area (Å²) in [5.74, 6) is 6.06. The number of halogens is 2. The van der Waals surface area contributed by atoms with Crippen LogP contribution in [-0.4, -0.2) is 45.8 Å². The fourth-order valence-electron chi connectivity index (χ4n) is 2.93. The van der Waals surface area contributed by atoms with Crippen molar-refractivity contribution in [1.29, 1.82) is 0 Å². The van der Waals surface area contributed by atoms with E-state index in [9.17, 15) is 4.79 Å². The third-order valence-electron chi connectivity index (χ3n) is 4.54. The van der Waals surface area contributed by atoms with Gasteiger partial charge in [-0.1, -0.05) is 47.1 Å². The average Bonchev–Trinajstić information content (AvgIpc) is 3.13. The third-order valence-corrected chi connectivity index (χ3v) is 5.92. The zero-order chi connectivity index (χ0) is 23.8. The van der Waals surface area contributed by atoms with Gasteiger partial charge in [-0.05, 0) is 49.7 Å². The van der Waals surface area contributed by atoms with E-state index in [1.54, 1.807) is 24.4 Å². The standard InChI is InChI=1S/C21H24Cl2N8OS/c1-3-30(4-2)18-7-5-14(6-8-18)12-25-27-20-28-29-21(31(20)24)33-13-19(32)26-17-10-15(22)9-16(23)11-17/h5-12H,3-4,13,24H2,1-2H3,(H,26,32)(H,27,28)/b25-12+. The minimum atomic E-state index is -0.262. The molecule has 0 aliphatic rings. The van der Waals surface area contributed by atoms with Crippen LogP contribution < -0.4 is 21.5 Å². The number of nitrogen functional groups attached to an aromatic ring is 1. The van der Waals surface area contributed by atoms with Crippen molar-refractivity contribution in [2.75, 3.05) is 40.3 Å². The number of hydrogen-bond acceptors (Lipinski definition) is 8. The number of hydrazone groups is 1. The lowest BCUT2D eigenvalue weighted by molar-refractivity contribution is -0.113. The Morgan fingerprint density at radius 3 is 2.45 bits per heavy atom. The number of aromatic nitrogens is 3. The van der Waals surface area contributed by atoms with Crippen LogP contribution >= 0.6 is 35.0 Å². The fourth-order valence-corrected chi connectivity index (χ4v) is 4.11. The first kappa shape index (κ1) is 24.7. The molecule has 0 saturated heterocycles. The van der Waals surface area contributed by atoms with Crippen molar-refractivity contribution in [3.8, 4) is 0 Å². The van der Waals surface area contributed by atoms with Crippen LogP contribution in [0.1, 0.15) is 19.4 Å². The number of nitrogens with one attached hydrogen (secondary N) is 2. The van der Waals surface area contributed by atoms with Crippen molar-refractivity contribution >= 4 is 64.4 Å². The first-order valence-electron chi connectivity index (χ1n) is 10.1. The maximum Gasteiger partial charge on any atom is 0.264 e. The van der Waals surface area contributed by atoms with Gasteiger partial charge in [-0.15, -0.1) is 10.2 Å². The molecule has 0 saturated carbocycles. The van der Waals surface area contributed by atoms with Crippen LogP contribution in [0.3, 0.4) is 0 Å². The summed E-state index contributed by atoms with van der Waals surface area (Å²) in [7, 11) is 0. The Labute approximate surface area is 206 Å². The summed E-state index contributed by atoms with van der Waals surface area (Å²) >= 11 is 13.0. The second-order valence-corrected chi connectivity index (χ2v) is 8.62. The molecule has 0 atom stereocenters. The van der Waals surface area contributed by atoms with Gasteiger partial charge >= 0.3 is 0 Å². The predicted octanol–water partition coefficient (Wildman–Crippen LogP) is 4.32. The molecular formula is C21H24Cl2N8OS. The van der Waals surface area contributed by atoms with Gasteiger partial charge in [0.05, 0.1) is 12.0 Å². The number of hydrogen-bond donors (Lipinski definition) is 3. The van der Waals surface area contributed by atoms with Gasteiger partial charge in [0.25, 0.3) is 5.95 Å². The highest BCUT2D eigenvalue weighted by Crippen LogP contribution is 2.23. The SMILES string of the molecule is CCN(CC)c1ccc(/C=N/Nc2nnc(SCC(=O)Nc3cc(Cl)cc(Cl)c3)n2N)cc1. The van der Waals surface area contributed by atoms with E-state index in [-0.39, 0.29) is 17.6 Å². The smallest absolute Gasteiger partial charge is 0.264 e. The highest BCUT2D eigenvalue weighted by molar-refractivity contribution is 7.99. The van der Waals surface area contributed by atoms with E-state index in [0.717, 1.165) is 36.1 Å². The van der Waals surface area contributed by atoms with Crippen LogP contribution in [0.2, 0.25) is 10.0 Å². The van der Waals surface area contributed by atoms with E-state index in [0.29, 0.717) is 20.9 Å². The predicted molar refractivity (Wildman–Crippen MR) is 137 cm³/mol. The number of amides is 1. The Bertz CT molecular complexity index is 1100. The molecule has 0 aliphatic heterocycles. The van der Waals surface area contributed by atoms with Crippen LogP contribution in [0.15, 0.2) is 52.7 Å². The van der Waals surface area contributed by atoms with Crippen molar-refractivity contribution < 1.29 is 4.79 Å². The molecular weight excluding hydrogens is 483 g/mol. The number of nitrogens with two attached hydrogens (primary N) is 1. The Hall–Kier alpha value is -2.95. The largest absolute Gasteiger partial charge is 0.372 e. The van der Waals surface area contributed by atoms with Crippen LogP contribution in [0.5, 0.6) is 0 Å². The quantitative estimate of drug-likeness (QED) is 0.162. The summed E-state index contributed by atoms with van der Waals surface area (Å²) in [5, 5.41) is 16.1. The lowest BCUT2D eigenvalue weighted by atomic mass is 10.2. The molecule has 1 amide bonds. The van der Waals surface area contributed by atoms with Gasteiger partial charge in [0, 0.05) is 34.5 Å². The second-order valence-electron chi connectivity index (χ2n) is 6.80. The van der Waals surface area contributed by atoms with Crippen LogP contribution in [0.25, 0.3) is 0 Å². The maximum atomic E-state index is 12.2. The number of anilines is 3. The zero-order valence-electron chi connectivity index (χ0n) is 18.1. The molecule has 33 heavy (non-hydrogen) atoms. The molecule has 0 fully saturated rings. The topological polar surface area (TPSA) is 113 Å². The molecule has 174 valence electrons. The van der Waals surface area contributed by atoms with Crippen LogP contribution in [-0.2, 0) is 4.79 Å². The van der Waals surface area contributed by atoms with Crippen LogP contribution in [0.4, 0.5) is 17.3 Å². The summed E-state index contributed by atoms with van der Waals surface area (Å²) in [6.45, 7) is 6.16. The second kappa shape index (κ2) is 11.8. The normalized spacial score (nSPS) is 11.0. The third kappa shape index (κ3) is 7.01. The van der Waals surface area contributed by atoms with Crippen LogP contribution in [0, 0.1) is 0 Å². The molecule has 3 rings (SSSR count). The summed E-state index contributed by atoms with van der Waals surface area (Å²) in [6, 6.07) is 12.9. The highest BCUT2D eigenvalue weighted by atomic mass is 35.5. The summed E-state index contributed by atoms with van der Waals surface area (Å²) in [4.78, 5) is 14.5. The molecule has 0 radical (unpaired) electrons. The molecule has 0 aliphatic carbocycles. The molecule has 3 aromatic rings. The fraction of sp³-hybridized carbons (Fsp3) is 0.238. The van der Waals surface area contributed by atoms with Crippen molar-refractivity contribution in [3.05, 3.63) is 58.1 Å². The summed E-state index contributed by atoms with van der Waals surface area (Å²) in [6.07, 6.45) is 1.66. The van der Waals surface area contributed by atoms with Gasteiger partial charge in [-0.3, -0.25) is 4.79 Å². The Balaban J connectivity index is 1.52. The van der Waals surface area contributed by atoms with Gasteiger partial charge in [-0.25, -0.2) is 10.1 Å². The van der Waals surface area contributed by atoms with Gasteiger partial charge in [-0.2, -0.15) is 5.10 Å². The van der Waals surface area contributed by atoms with Gasteiger partial charge < -0.3 is 16.1 Å². The Morgan fingerprint density at radius 1 is 1.15 bits per heavy atom. The average molecular weight is 507 g/mol. The highest BCUT2D eigenvalue weighted by Gasteiger charge is 2.12. The first-order chi connectivity index (χ1) is 15.9. The summed E-state index contributed by atoms with van der Waals surface area (Å²) in [5.41, 5.74) is 5.36. The van der Waals surface area contributed by atoms with E-state index >= 15 is 0 Å². The van der Waals surface area contributed by atoms with E-state index in [1.807, 2.05) is 12.1 Å². The molecule has 1 aromatic heterocycles. The number of carbonyl (C=O) groups excluding carboxylic acids is 1. The van der Waals surface area contributed by atoms with E-state index < -0.39 is 0 Å². The molecule has 2 aromatic carbocycles.